The standard InChI is InChI=1S/C15H19N3O3/c1-20-14-3-2-12(11-16)10-13(14)17-15(19)4-5-18-6-8-21-9-7-18/h2-3,10H,4-9H2,1H3,(H,17,19). The van der Waals surface area contributed by atoms with E-state index in [0.29, 0.717) is 30.0 Å². The van der Waals surface area contributed by atoms with Gasteiger partial charge in [-0.25, -0.2) is 0 Å². The van der Waals surface area contributed by atoms with Gasteiger partial charge in [-0.05, 0) is 18.2 Å². The molecule has 2 rings (SSSR count). The van der Waals surface area contributed by atoms with E-state index in [4.69, 9.17) is 14.7 Å². The molecule has 1 amide bonds. The highest BCUT2D eigenvalue weighted by atomic mass is 16.5. The van der Waals surface area contributed by atoms with Crippen molar-refractivity contribution in [3.63, 3.8) is 0 Å². The normalized spacial score (nSPS) is 15.2. The highest BCUT2D eigenvalue weighted by Gasteiger charge is 2.13. The van der Waals surface area contributed by atoms with Crippen LogP contribution in [0.25, 0.3) is 0 Å². The summed E-state index contributed by atoms with van der Waals surface area (Å²) in [5, 5.41) is 11.7. The summed E-state index contributed by atoms with van der Waals surface area (Å²) in [6.45, 7) is 3.87. The lowest BCUT2D eigenvalue weighted by Crippen LogP contribution is -2.38. The second-order valence-electron chi connectivity index (χ2n) is 4.78. The zero-order valence-corrected chi connectivity index (χ0v) is 12.1. The fourth-order valence-corrected chi connectivity index (χ4v) is 2.17. The Bertz CT molecular complexity index is 533. The fourth-order valence-electron chi connectivity index (χ4n) is 2.17. The SMILES string of the molecule is COc1ccc(C#N)cc1NC(=O)CCN1CCOCC1. The maximum absolute atomic E-state index is 12.0. The van der Waals surface area contributed by atoms with Crippen LogP contribution in [0.4, 0.5) is 5.69 Å². The third kappa shape index (κ3) is 4.45. The summed E-state index contributed by atoms with van der Waals surface area (Å²) in [4.78, 5) is 14.2. The number of anilines is 1. The Morgan fingerprint density at radius 3 is 2.90 bits per heavy atom. The molecular weight excluding hydrogens is 270 g/mol. The fraction of sp³-hybridized carbons (Fsp3) is 0.467. The molecule has 21 heavy (non-hydrogen) atoms. The second-order valence-corrected chi connectivity index (χ2v) is 4.78. The number of benzene rings is 1. The molecule has 1 aromatic carbocycles. The van der Waals surface area contributed by atoms with Crippen molar-refractivity contribution in [3.05, 3.63) is 23.8 Å². The minimum absolute atomic E-state index is 0.0881. The molecule has 6 heteroatoms. The van der Waals surface area contributed by atoms with E-state index in [1.165, 1.54) is 7.11 Å². The molecule has 1 N–H and O–H groups in total. The quantitative estimate of drug-likeness (QED) is 0.882. The van der Waals surface area contributed by atoms with Crippen LogP contribution in [0.3, 0.4) is 0 Å². The third-order valence-corrected chi connectivity index (χ3v) is 3.36. The van der Waals surface area contributed by atoms with Gasteiger partial charge in [-0.15, -0.1) is 0 Å². The van der Waals surface area contributed by atoms with Crippen molar-refractivity contribution >= 4 is 11.6 Å². The molecule has 0 spiro atoms. The monoisotopic (exact) mass is 289 g/mol. The number of rotatable bonds is 5. The average molecular weight is 289 g/mol. The molecule has 0 aromatic heterocycles. The van der Waals surface area contributed by atoms with E-state index in [9.17, 15) is 4.79 Å². The van der Waals surface area contributed by atoms with Gasteiger partial charge in [0.2, 0.25) is 5.91 Å². The number of nitriles is 1. The van der Waals surface area contributed by atoms with Gasteiger partial charge in [0.1, 0.15) is 5.75 Å². The molecule has 1 aliphatic rings. The minimum Gasteiger partial charge on any atom is -0.495 e. The van der Waals surface area contributed by atoms with Gasteiger partial charge < -0.3 is 14.8 Å². The van der Waals surface area contributed by atoms with Crippen molar-refractivity contribution < 1.29 is 14.3 Å². The smallest absolute Gasteiger partial charge is 0.225 e. The zero-order valence-electron chi connectivity index (χ0n) is 12.1. The van der Waals surface area contributed by atoms with Crippen molar-refractivity contribution in [3.8, 4) is 11.8 Å². The lowest BCUT2D eigenvalue weighted by molar-refractivity contribution is -0.116. The van der Waals surface area contributed by atoms with Gasteiger partial charge in [-0.3, -0.25) is 9.69 Å². The molecule has 1 saturated heterocycles. The first kappa shape index (κ1) is 15.3. The van der Waals surface area contributed by atoms with Crippen molar-refractivity contribution in [1.82, 2.24) is 4.90 Å². The van der Waals surface area contributed by atoms with Gasteiger partial charge in [0, 0.05) is 26.1 Å². The van der Waals surface area contributed by atoms with Crippen LogP contribution < -0.4 is 10.1 Å². The molecule has 0 saturated carbocycles. The first-order valence-electron chi connectivity index (χ1n) is 6.91. The molecule has 0 atom stereocenters. The number of methoxy groups -OCH3 is 1. The first-order chi connectivity index (χ1) is 10.2. The lowest BCUT2D eigenvalue weighted by atomic mass is 10.2. The van der Waals surface area contributed by atoms with E-state index in [1.54, 1.807) is 18.2 Å². The minimum atomic E-state index is -0.0881. The van der Waals surface area contributed by atoms with Crippen molar-refractivity contribution in [2.24, 2.45) is 0 Å². The molecule has 1 aliphatic heterocycles. The van der Waals surface area contributed by atoms with E-state index < -0.39 is 0 Å². The Labute approximate surface area is 124 Å². The zero-order chi connectivity index (χ0) is 15.1. The van der Waals surface area contributed by atoms with E-state index in [1.807, 2.05) is 6.07 Å². The highest BCUT2D eigenvalue weighted by Crippen LogP contribution is 2.25. The third-order valence-electron chi connectivity index (χ3n) is 3.36. The Kier molecular flexibility index (Phi) is 5.55. The summed E-state index contributed by atoms with van der Waals surface area (Å²) in [6, 6.07) is 6.99. The molecule has 0 radical (unpaired) electrons. The number of ether oxygens (including phenoxy) is 2. The molecular formula is C15H19N3O3. The Balaban J connectivity index is 1.91. The predicted molar refractivity (Wildman–Crippen MR) is 78.2 cm³/mol. The highest BCUT2D eigenvalue weighted by molar-refractivity contribution is 5.92. The van der Waals surface area contributed by atoms with Crippen LogP contribution in [0, 0.1) is 11.3 Å². The number of hydrogen-bond acceptors (Lipinski definition) is 5. The largest absolute Gasteiger partial charge is 0.495 e. The summed E-state index contributed by atoms with van der Waals surface area (Å²) < 4.78 is 10.5. The Hall–Kier alpha value is -2.10. The maximum Gasteiger partial charge on any atom is 0.225 e. The van der Waals surface area contributed by atoms with Crippen molar-refractivity contribution in [2.75, 3.05) is 45.3 Å². The summed E-state index contributed by atoms with van der Waals surface area (Å²) >= 11 is 0. The number of hydrogen-bond donors (Lipinski definition) is 1. The van der Waals surface area contributed by atoms with Crippen molar-refractivity contribution in [2.45, 2.75) is 6.42 Å². The molecule has 6 nitrogen and oxygen atoms in total. The molecule has 0 bridgehead atoms. The van der Waals surface area contributed by atoms with Crippen molar-refractivity contribution in [1.29, 1.82) is 5.26 Å². The van der Waals surface area contributed by atoms with Gasteiger partial charge in [0.25, 0.3) is 0 Å². The molecule has 1 aromatic rings. The lowest BCUT2D eigenvalue weighted by Gasteiger charge is -2.26. The van der Waals surface area contributed by atoms with Crippen LogP contribution >= 0.6 is 0 Å². The Morgan fingerprint density at radius 2 is 2.24 bits per heavy atom. The number of carbonyl (C=O) groups excluding carboxylic acids is 1. The molecule has 0 aliphatic carbocycles. The van der Waals surface area contributed by atoms with Crippen LogP contribution in [0.1, 0.15) is 12.0 Å². The van der Waals surface area contributed by atoms with Crippen LogP contribution in [0.5, 0.6) is 5.75 Å². The molecule has 0 unspecified atom stereocenters. The van der Waals surface area contributed by atoms with E-state index in [0.717, 1.165) is 26.3 Å². The van der Waals surface area contributed by atoms with Crippen LogP contribution in [0.2, 0.25) is 0 Å². The number of carbonyl (C=O) groups is 1. The van der Waals surface area contributed by atoms with E-state index >= 15 is 0 Å². The first-order valence-corrected chi connectivity index (χ1v) is 6.91. The second kappa shape index (κ2) is 7.62. The number of nitrogens with one attached hydrogen (secondary N) is 1. The predicted octanol–water partition coefficient (Wildman–Crippen LogP) is 1.23. The number of morpholine rings is 1. The average Bonchev–Trinajstić information content (AvgIpc) is 2.54. The van der Waals surface area contributed by atoms with Crippen LogP contribution in [-0.2, 0) is 9.53 Å². The summed E-state index contributed by atoms with van der Waals surface area (Å²) in [6.07, 6.45) is 0.403. The maximum atomic E-state index is 12.0. The molecule has 112 valence electrons. The Morgan fingerprint density at radius 1 is 1.48 bits per heavy atom. The van der Waals surface area contributed by atoms with E-state index in [-0.39, 0.29) is 5.91 Å². The number of amides is 1. The van der Waals surface area contributed by atoms with Gasteiger partial charge in [-0.2, -0.15) is 5.26 Å². The van der Waals surface area contributed by atoms with Gasteiger partial charge in [0.15, 0.2) is 0 Å². The van der Waals surface area contributed by atoms with Gasteiger partial charge >= 0.3 is 0 Å². The van der Waals surface area contributed by atoms with Gasteiger partial charge in [0.05, 0.1) is 37.6 Å². The summed E-state index contributed by atoms with van der Waals surface area (Å²) in [5.41, 5.74) is 1.02. The van der Waals surface area contributed by atoms with E-state index in [2.05, 4.69) is 10.2 Å². The van der Waals surface area contributed by atoms with Crippen LogP contribution in [0.15, 0.2) is 18.2 Å². The summed E-state index contributed by atoms with van der Waals surface area (Å²) in [5.74, 6) is 0.462. The summed E-state index contributed by atoms with van der Waals surface area (Å²) in [7, 11) is 1.53. The van der Waals surface area contributed by atoms with Crippen LogP contribution in [-0.4, -0.2) is 50.8 Å². The molecule has 1 heterocycles. The van der Waals surface area contributed by atoms with Gasteiger partial charge in [-0.1, -0.05) is 0 Å². The number of nitrogens with zero attached hydrogens (tertiary/aromatic N) is 2. The molecule has 1 fully saturated rings. The topological polar surface area (TPSA) is 74.6 Å².